The highest BCUT2D eigenvalue weighted by molar-refractivity contribution is 7.94. The second-order valence-corrected chi connectivity index (χ2v) is 9.25. The molecule has 1 amide bonds. The number of halogens is 1. The van der Waals surface area contributed by atoms with Crippen molar-refractivity contribution in [3.63, 3.8) is 0 Å². The fraction of sp³-hybridized carbons (Fsp3) is 0.312. The van der Waals surface area contributed by atoms with E-state index in [-0.39, 0.29) is 10.1 Å². The first kappa shape index (κ1) is 17.3. The molecule has 1 aromatic carbocycles. The number of benzene rings is 1. The second kappa shape index (κ2) is 6.38. The lowest BCUT2D eigenvalue weighted by Gasteiger charge is -2.25. The van der Waals surface area contributed by atoms with Crippen LogP contribution in [0.2, 0.25) is 5.02 Å². The minimum absolute atomic E-state index is 0.00364. The summed E-state index contributed by atoms with van der Waals surface area (Å²) in [6.45, 7) is 4.44. The Hall–Kier alpha value is -1.57. The van der Waals surface area contributed by atoms with E-state index in [0.717, 1.165) is 16.0 Å². The number of carbonyl (C=O) groups excluding carboxylic acids is 1. The minimum Gasteiger partial charge on any atom is -0.338 e. The van der Waals surface area contributed by atoms with Gasteiger partial charge in [0.2, 0.25) is 5.91 Å². The molecule has 1 aliphatic rings. The average molecular weight is 385 g/mol. The largest absolute Gasteiger partial charge is 0.338 e. The number of anilines is 1. The summed E-state index contributed by atoms with van der Waals surface area (Å²) in [5.41, 5.74) is 2.18. The Morgan fingerprint density at radius 2 is 2.08 bits per heavy atom. The lowest BCUT2D eigenvalue weighted by atomic mass is 10.1. The zero-order chi connectivity index (χ0) is 17.5. The summed E-state index contributed by atoms with van der Waals surface area (Å²) in [4.78, 5) is 14.3. The van der Waals surface area contributed by atoms with Crippen molar-refractivity contribution in [1.29, 1.82) is 0 Å². The fourth-order valence-electron chi connectivity index (χ4n) is 2.61. The number of nitrogens with zero attached hydrogens (tertiary/aromatic N) is 1. The number of amides is 1. The van der Waals surface area contributed by atoms with Gasteiger partial charge in [0.05, 0.1) is 5.69 Å². The van der Waals surface area contributed by atoms with E-state index in [0.29, 0.717) is 30.2 Å². The normalized spacial score (nSPS) is 14.4. The number of sulfonamides is 1. The van der Waals surface area contributed by atoms with Gasteiger partial charge in [0, 0.05) is 29.9 Å². The third kappa shape index (κ3) is 3.43. The highest BCUT2D eigenvalue weighted by Gasteiger charge is 2.25. The summed E-state index contributed by atoms with van der Waals surface area (Å²) in [7, 11) is -3.68. The topological polar surface area (TPSA) is 66.5 Å². The lowest BCUT2D eigenvalue weighted by Crippen LogP contribution is -2.33. The number of rotatable bonds is 3. The van der Waals surface area contributed by atoms with Crippen molar-refractivity contribution in [2.45, 2.75) is 31.0 Å². The van der Waals surface area contributed by atoms with Crippen LogP contribution in [-0.2, 0) is 27.8 Å². The van der Waals surface area contributed by atoms with Gasteiger partial charge in [0.15, 0.2) is 0 Å². The van der Waals surface area contributed by atoms with Crippen molar-refractivity contribution in [3.8, 4) is 0 Å². The summed E-state index contributed by atoms with van der Waals surface area (Å²) in [6, 6.07) is 6.75. The van der Waals surface area contributed by atoms with Crippen molar-refractivity contribution in [3.05, 3.63) is 45.3 Å². The molecule has 1 aliphatic heterocycles. The van der Waals surface area contributed by atoms with Gasteiger partial charge in [-0.2, -0.15) is 0 Å². The van der Waals surface area contributed by atoms with Crippen LogP contribution in [0.25, 0.3) is 0 Å². The Bertz CT molecular complexity index is 906. The molecule has 5 nitrogen and oxygen atoms in total. The molecule has 0 radical (unpaired) electrons. The molecule has 2 heterocycles. The quantitative estimate of drug-likeness (QED) is 0.881. The summed E-state index contributed by atoms with van der Waals surface area (Å²) in [5, 5.41) is 0.473. The molecule has 1 aromatic heterocycles. The van der Waals surface area contributed by atoms with E-state index < -0.39 is 10.0 Å². The Labute approximate surface area is 150 Å². The SMILES string of the molecule is CC(=O)N1CCc2sc(S(=O)(=O)Nc3cc(Cl)ccc3C)cc2C1. The van der Waals surface area contributed by atoms with Crippen LogP contribution in [0.4, 0.5) is 5.69 Å². The van der Waals surface area contributed by atoms with Gasteiger partial charge in [-0.3, -0.25) is 9.52 Å². The molecule has 2 aromatic rings. The summed E-state index contributed by atoms with van der Waals surface area (Å²) >= 11 is 7.21. The number of fused-ring (bicyclic) bond motifs is 1. The molecule has 0 spiro atoms. The van der Waals surface area contributed by atoms with Crippen LogP contribution in [0.5, 0.6) is 0 Å². The second-order valence-electron chi connectivity index (χ2n) is 5.77. The third-order valence-electron chi connectivity index (χ3n) is 4.00. The molecule has 128 valence electrons. The number of hydrogen-bond donors (Lipinski definition) is 1. The van der Waals surface area contributed by atoms with E-state index in [1.165, 1.54) is 18.3 Å². The smallest absolute Gasteiger partial charge is 0.271 e. The molecule has 0 unspecified atom stereocenters. The van der Waals surface area contributed by atoms with Crippen molar-refractivity contribution in [2.24, 2.45) is 0 Å². The van der Waals surface area contributed by atoms with Crippen molar-refractivity contribution >= 4 is 44.6 Å². The van der Waals surface area contributed by atoms with E-state index in [1.54, 1.807) is 29.2 Å². The van der Waals surface area contributed by atoms with E-state index >= 15 is 0 Å². The van der Waals surface area contributed by atoms with Gasteiger partial charge in [-0.25, -0.2) is 8.42 Å². The predicted octanol–water partition coefficient (Wildman–Crippen LogP) is 3.42. The summed E-state index contributed by atoms with van der Waals surface area (Å²) < 4.78 is 28.2. The fourth-order valence-corrected chi connectivity index (χ4v) is 5.44. The van der Waals surface area contributed by atoms with E-state index in [9.17, 15) is 13.2 Å². The molecule has 0 saturated carbocycles. The lowest BCUT2D eigenvalue weighted by molar-refractivity contribution is -0.129. The minimum atomic E-state index is -3.68. The maximum Gasteiger partial charge on any atom is 0.271 e. The molecule has 3 rings (SSSR count). The maximum absolute atomic E-state index is 12.7. The van der Waals surface area contributed by atoms with Crippen molar-refractivity contribution < 1.29 is 13.2 Å². The van der Waals surface area contributed by atoms with E-state index in [4.69, 9.17) is 11.6 Å². The van der Waals surface area contributed by atoms with Gasteiger partial charge in [-0.1, -0.05) is 17.7 Å². The van der Waals surface area contributed by atoms with E-state index in [2.05, 4.69) is 4.72 Å². The molecule has 1 N–H and O–H groups in total. The third-order valence-corrected chi connectivity index (χ3v) is 7.31. The Morgan fingerprint density at radius 3 is 2.79 bits per heavy atom. The molecule has 0 saturated heterocycles. The molecular weight excluding hydrogens is 368 g/mol. The number of nitrogens with one attached hydrogen (secondary N) is 1. The molecular formula is C16H17ClN2O3S2. The van der Waals surface area contributed by atoms with Gasteiger partial charge in [0.25, 0.3) is 10.0 Å². The highest BCUT2D eigenvalue weighted by atomic mass is 35.5. The standard InChI is InChI=1S/C16H17ClN2O3S2/c1-10-3-4-13(17)8-14(10)18-24(21,22)16-7-12-9-19(11(2)20)6-5-15(12)23-16/h3-4,7-8,18H,5-6,9H2,1-2H3. The van der Waals surface area contributed by atoms with Crippen LogP contribution in [0.3, 0.4) is 0 Å². The monoisotopic (exact) mass is 384 g/mol. The van der Waals surface area contributed by atoms with Gasteiger partial charge in [0.1, 0.15) is 4.21 Å². The first-order valence-corrected chi connectivity index (χ1v) is 10.1. The zero-order valence-corrected chi connectivity index (χ0v) is 15.7. The highest BCUT2D eigenvalue weighted by Crippen LogP contribution is 2.32. The van der Waals surface area contributed by atoms with Crippen molar-refractivity contribution in [2.75, 3.05) is 11.3 Å². The molecule has 8 heteroatoms. The number of aryl methyl sites for hydroxylation is 1. The Morgan fingerprint density at radius 1 is 1.33 bits per heavy atom. The molecule has 0 fully saturated rings. The molecule has 0 aliphatic carbocycles. The molecule has 0 atom stereocenters. The Kier molecular flexibility index (Phi) is 4.59. The van der Waals surface area contributed by atoms with Gasteiger partial charge >= 0.3 is 0 Å². The predicted molar refractivity (Wildman–Crippen MR) is 96.1 cm³/mol. The first-order valence-electron chi connectivity index (χ1n) is 7.42. The van der Waals surface area contributed by atoms with Crippen LogP contribution in [0, 0.1) is 6.92 Å². The summed E-state index contributed by atoms with van der Waals surface area (Å²) in [6.07, 6.45) is 0.686. The average Bonchev–Trinajstić information content (AvgIpc) is 2.94. The number of carbonyl (C=O) groups is 1. The summed E-state index contributed by atoms with van der Waals surface area (Å²) in [5.74, 6) is 0.00364. The Balaban J connectivity index is 1.89. The van der Waals surface area contributed by atoms with Crippen LogP contribution in [-0.4, -0.2) is 25.8 Å². The van der Waals surface area contributed by atoms with Gasteiger partial charge in [-0.15, -0.1) is 11.3 Å². The zero-order valence-electron chi connectivity index (χ0n) is 13.3. The molecule has 24 heavy (non-hydrogen) atoms. The van der Waals surface area contributed by atoms with Crippen LogP contribution >= 0.6 is 22.9 Å². The maximum atomic E-state index is 12.7. The van der Waals surface area contributed by atoms with Crippen LogP contribution < -0.4 is 4.72 Å². The van der Waals surface area contributed by atoms with E-state index in [1.807, 2.05) is 6.92 Å². The number of thiophene rings is 1. The number of hydrogen-bond acceptors (Lipinski definition) is 4. The first-order chi connectivity index (χ1) is 11.3. The van der Waals surface area contributed by atoms with Crippen molar-refractivity contribution in [1.82, 2.24) is 4.90 Å². The van der Waals surface area contributed by atoms with Gasteiger partial charge in [-0.05, 0) is 42.7 Å². The van der Waals surface area contributed by atoms with Crippen LogP contribution in [0.15, 0.2) is 28.5 Å². The van der Waals surface area contributed by atoms with Crippen LogP contribution in [0.1, 0.15) is 22.9 Å². The molecule has 0 bridgehead atoms. The van der Waals surface area contributed by atoms with Gasteiger partial charge < -0.3 is 4.90 Å².